The Morgan fingerprint density at radius 3 is 2.22 bits per heavy atom. The lowest BCUT2D eigenvalue weighted by atomic mass is 10.1. The molecule has 1 saturated heterocycles. The normalized spacial score (nSPS) is 19.1. The molecule has 0 atom stereocenters. The van der Waals surface area contributed by atoms with E-state index in [9.17, 15) is 5.11 Å². The Bertz CT molecular complexity index is 257. The first kappa shape index (κ1) is 15.8. The third kappa shape index (κ3) is 7.26. The highest BCUT2D eigenvalue weighted by atomic mass is 32.1. The first-order valence-corrected chi connectivity index (χ1v) is 7.23. The molecular weight excluding hydrogens is 246 g/mol. The number of rotatable bonds is 7. The molecule has 0 saturated carbocycles. The summed E-state index contributed by atoms with van der Waals surface area (Å²) in [5.74, 6) is 0. The number of β-amino-alcohol motifs (C(OH)–C–C–N with tert-alkyl or cyclic N) is 1. The molecule has 1 aliphatic rings. The lowest BCUT2D eigenvalue weighted by molar-refractivity contribution is 0.0176. The molecule has 0 bridgehead atoms. The summed E-state index contributed by atoms with van der Waals surface area (Å²) >= 11 is 4.87. The van der Waals surface area contributed by atoms with E-state index in [0.717, 1.165) is 52.1 Å². The number of thiocarbonyl (C=S) groups is 1. The van der Waals surface area contributed by atoms with Gasteiger partial charge in [0.25, 0.3) is 0 Å². The van der Waals surface area contributed by atoms with Crippen LogP contribution in [0.3, 0.4) is 0 Å². The van der Waals surface area contributed by atoms with E-state index in [0.29, 0.717) is 4.99 Å². The van der Waals surface area contributed by atoms with Crippen LogP contribution in [-0.2, 0) is 0 Å². The summed E-state index contributed by atoms with van der Waals surface area (Å²) < 4.78 is 0. The van der Waals surface area contributed by atoms with Gasteiger partial charge in [-0.25, -0.2) is 0 Å². The lowest BCUT2D eigenvalue weighted by Crippen LogP contribution is -2.50. The summed E-state index contributed by atoms with van der Waals surface area (Å²) in [5.41, 5.74) is 4.89. The molecule has 0 amide bonds. The number of unbranched alkanes of at least 4 members (excludes halogenated alkanes) is 1. The highest BCUT2D eigenvalue weighted by molar-refractivity contribution is 7.80. The minimum atomic E-state index is -0.584. The average molecular weight is 273 g/mol. The predicted octanol–water partition coefficient (Wildman–Crippen LogP) is 0.831. The molecule has 1 heterocycles. The second-order valence-electron chi connectivity index (χ2n) is 5.85. The Morgan fingerprint density at radius 1 is 1.17 bits per heavy atom. The van der Waals surface area contributed by atoms with Crippen LogP contribution in [0.15, 0.2) is 0 Å². The van der Waals surface area contributed by atoms with Gasteiger partial charge in [-0.1, -0.05) is 12.2 Å². The fraction of sp³-hybridized carbons (Fsp3) is 0.923. The van der Waals surface area contributed by atoms with Gasteiger partial charge < -0.3 is 15.7 Å². The number of aliphatic hydroxyl groups is 1. The van der Waals surface area contributed by atoms with Crippen LogP contribution in [0.4, 0.5) is 0 Å². The van der Waals surface area contributed by atoms with Crippen LogP contribution in [0.2, 0.25) is 0 Å². The van der Waals surface area contributed by atoms with E-state index in [1.807, 2.05) is 13.8 Å². The molecule has 0 aliphatic carbocycles. The lowest BCUT2D eigenvalue weighted by Gasteiger charge is -2.37. The van der Waals surface area contributed by atoms with Crippen molar-refractivity contribution in [3.05, 3.63) is 0 Å². The maximum atomic E-state index is 9.78. The van der Waals surface area contributed by atoms with Gasteiger partial charge in [-0.3, -0.25) is 4.90 Å². The van der Waals surface area contributed by atoms with Crippen molar-refractivity contribution in [1.29, 1.82) is 0 Å². The minimum Gasteiger partial charge on any atom is -0.393 e. The topological polar surface area (TPSA) is 52.7 Å². The van der Waals surface area contributed by atoms with Crippen molar-refractivity contribution >= 4 is 17.2 Å². The largest absolute Gasteiger partial charge is 0.393 e. The van der Waals surface area contributed by atoms with Crippen molar-refractivity contribution in [1.82, 2.24) is 9.80 Å². The molecule has 1 fully saturated rings. The summed E-state index contributed by atoms with van der Waals surface area (Å²) in [6.07, 6.45) is 3.13. The second-order valence-corrected chi connectivity index (χ2v) is 6.38. The molecule has 0 spiro atoms. The van der Waals surface area contributed by atoms with Gasteiger partial charge in [0.1, 0.15) is 0 Å². The van der Waals surface area contributed by atoms with Crippen LogP contribution in [0, 0.1) is 0 Å². The molecule has 1 rings (SSSR count). The third-order valence-electron chi connectivity index (χ3n) is 3.22. The smallest absolute Gasteiger partial charge is 0.0727 e. The van der Waals surface area contributed by atoms with Gasteiger partial charge in [-0.15, -0.1) is 0 Å². The quantitative estimate of drug-likeness (QED) is 0.531. The van der Waals surface area contributed by atoms with Crippen LogP contribution >= 0.6 is 12.2 Å². The van der Waals surface area contributed by atoms with Crippen LogP contribution in [0.5, 0.6) is 0 Å². The van der Waals surface area contributed by atoms with E-state index in [4.69, 9.17) is 18.0 Å². The van der Waals surface area contributed by atoms with E-state index < -0.39 is 5.60 Å². The molecule has 4 nitrogen and oxygen atoms in total. The summed E-state index contributed by atoms with van der Waals surface area (Å²) in [6.45, 7) is 9.95. The van der Waals surface area contributed by atoms with E-state index in [2.05, 4.69) is 9.80 Å². The summed E-state index contributed by atoms with van der Waals surface area (Å²) in [4.78, 5) is 5.45. The van der Waals surface area contributed by atoms with Gasteiger partial charge in [-0.2, -0.15) is 0 Å². The maximum Gasteiger partial charge on any atom is 0.0727 e. The maximum absolute atomic E-state index is 9.78. The number of piperazine rings is 1. The van der Waals surface area contributed by atoms with Crippen molar-refractivity contribution in [3.63, 3.8) is 0 Å². The predicted molar refractivity (Wildman–Crippen MR) is 79.8 cm³/mol. The molecule has 0 aromatic carbocycles. The standard InChI is InChI=1S/C13H27N3OS/c1-13(2,17)11-16-9-7-15(8-10-16)6-4-3-5-12(14)18/h17H,3-11H2,1-2H3,(H2,14,18). The van der Waals surface area contributed by atoms with E-state index in [1.54, 1.807) is 0 Å². The van der Waals surface area contributed by atoms with Crippen LogP contribution in [0.1, 0.15) is 33.1 Å². The number of nitrogens with two attached hydrogens (primary N) is 1. The Hall–Kier alpha value is -0.230. The molecule has 0 aromatic rings. The van der Waals surface area contributed by atoms with Gasteiger partial charge in [-0.05, 0) is 39.7 Å². The van der Waals surface area contributed by atoms with Crippen LogP contribution in [-0.4, -0.2) is 64.8 Å². The number of nitrogens with zero attached hydrogens (tertiary/aromatic N) is 2. The molecule has 0 radical (unpaired) electrons. The molecule has 0 unspecified atom stereocenters. The summed E-state index contributed by atoms with van der Waals surface area (Å²) in [7, 11) is 0. The number of hydrogen-bond acceptors (Lipinski definition) is 4. The van der Waals surface area contributed by atoms with E-state index in [-0.39, 0.29) is 0 Å². The highest BCUT2D eigenvalue weighted by Crippen LogP contribution is 2.09. The molecule has 1 aliphatic heterocycles. The Labute approximate surface area is 116 Å². The van der Waals surface area contributed by atoms with E-state index >= 15 is 0 Å². The zero-order valence-electron chi connectivity index (χ0n) is 11.7. The molecular formula is C13H27N3OS. The van der Waals surface area contributed by atoms with Crippen molar-refractivity contribution < 1.29 is 5.11 Å². The minimum absolute atomic E-state index is 0.584. The van der Waals surface area contributed by atoms with Gasteiger partial charge in [0.15, 0.2) is 0 Å². The second kappa shape index (κ2) is 7.38. The Morgan fingerprint density at radius 2 is 1.72 bits per heavy atom. The highest BCUT2D eigenvalue weighted by Gasteiger charge is 2.22. The van der Waals surface area contributed by atoms with E-state index in [1.165, 1.54) is 6.42 Å². The summed E-state index contributed by atoms with van der Waals surface area (Å²) in [5, 5.41) is 9.78. The molecule has 5 heteroatoms. The van der Waals surface area contributed by atoms with Crippen molar-refractivity contribution in [2.45, 2.75) is 38.7 Å². The Kier molecular flexibility index (Phi) is 6.49. The van der Waals surface area contributed by atoms with Gasteiger partial charge in [0.05, 0.1) is 10.6 Å². The van der Waals surface area contributed by atoms with Crippen molar-refractivity contribution in [2.75, 3.05) is 39.3 Å². The first-order chi connectivity index (χ1) is 8.37. The van der Waals surface area contributed by atoms with Crippen LogP contribution < -0.4 is 5.73 Å². The molecule has 106 valence electrons. The fourth-order valence-corrected chi connectivity index (χ4v) is 2.50. The van der Waals surface area contributed by atoms with Crippen molar-refractivity contribution in [3.8, 4) is 0 Å². The first-order valence-electron chi connectivity index (χ1n) is 6.82. The van der Waals surface area contributed by atoms with Gasteiger partial charge in [0.2, 0.25) is 0 Å². The zero-order valence-corrected chi connectivity index (χ0v) is 12.5. The third-order valence-corrected chi connectivity index (χ3v) is 3.43. The number of hydrogen-bond donors (Lipinski definition) is 2. The monoisotopic (exact) mass is 273 g/mol. The summed E-state index contributed by atoms with van der Waals surface area (Å²) in [6, 6.07) is 0. The molecule has 18 heavy (non-hydrogen) atoms. The molecule has 0 aromatic heterocycles. The SMILES string of the molecule is CC(C)(O)CN1CCN(CCCCC(N)=S)CC1. The van der Waals surface area contributed by atoms with Crippen LogP contribution in [0.25, 0.3) is 0 Å². The fourth-order valence-electron chi connectivity index (χ4n) is 2.35. The van der Waals surface area contributed by atoms with Crippen molar-refractivity contribution in [2.24, 2.45) is 5.73 Å². The zero-order chi connectivity index (χ0) is 13.6. The van der Waals surface area contributed by atoms with Gasteiger partial charge in [0, 0.05) is 32.7 Å². The van der Waals surface area contributed by atoms with Gasteiger partial charge >= 0.3 is 0 Å². The Balaban J connectivity index is 2.10. The average Bonchev–Trinajstić information content (AvgIpc) is 2.24. The molecule has 3 N–H and O–H groups in total.